The van der Waals surface area contributed by atoms with Crippen molar-refractivity contribution in [3.8, 4) is 0 Å². The molecular weight excluding hydrogens is 524 g/mol. The van der Waals surface area contributed by atoms with Crippen LogP contribution in [0.25, 0.3) is 10.9 Å². The minimum absolute atomic E-state index is 0.0867. The molecule has 0 bridgehead atoms. The van der Waals surface area contributed by atoms with Gasteiger partial charge in [0.05, 0.1) is 5.56 Å². The Balaban J connectivity index is 1.33. The summed E-state index contributed by atoms with van der Waals surface area (Å²) in [5.41, 5.74) is 2.03. The van der Waals surface area contributed by atoms with Gasteiger partial charge in [0.25, 0.3) is 0 Å². The number of fused-ring (bicyclic) bond motifs is 1. The number of benzene rings is 3. The van der Waals surface area contributed by atoms with Gasteiger partial charge >= 0.3 is 12.2 Å². The number of amides is 3. The summed E-state index contributed by atoms with van der Waals surface area (Å²) < 4.78 is 52.8. The number of nitrogens with one attached hydrogen (secondary N) is 2. The number of alkyl halides is 3. The van der Waals surface area contributed by atoms with Gasteiger partial charge in [-0.25, -0.2) is 9.18 Å². The van der Waals surface area contributed by atoms with Gasteiger partial charge in [0.15, 0.2) is 0 Å². The highest BCUT2D eigenvalue weighted by Crippen LogP contribution is 2.30. The molecule has 0 radical (unpaired) electrons. The largest absolute Gasteiger partial charge is 0.416 e. The van der Waals surface area contributed by atoms with Crippen molar-refractivity contribution in [1.29, 1.82) is 0 Å². The summed E-state index contributed by atoms with van der Waals surface area (Å²) >= 11 is 0. The average molecular weight is 553 g/mol. The SMILES string of the molecule is O=C(CN(C(=O)Nc1cccc(F)c1)C1CC1)N(CCc1c[nH]c2ccccc12)Cc1ccc(C(F)(F)F)cc1. The zero-order chi connectivity index (χ0) is 28.3. The maximum Gasteiger partial charge on any atom is 0.416 e. The summed E-state index contributed by atoms with van der Waals surface area (Å²) in [7, 11) is 0. The van der Waals surface area contributed by atoms with Crippen LogP contribution in [0, 0.1) is 5.82 Å². The summed E-state index contributed by atoms with van der Waals surface area (Å²) in [5.74, 6) is -0.826. The van der Waals surface area contributed by atoms with Crippen LogP contribution < -0.4 is 5.32 Å². The van der Waals surface area contributed by atoms with E-state index in [0.29, 0.717) is 18.5 Å². The fourth-order valence-electron chi connectivity index (χ4n) is 4.67. The highest BCUT2D eigenvalue weighted by molar-refractivity contribution is 5.93. The highest BCUT2D eigenvalue weighted by Gasteiger charge is 2.35. The van der Waals surface area contributed by atoms with Crippen LogP contribution >= 0.6 is 0 Å². The van der Waals surface area contributed by atoms with E-state index >= 15 is 0 Å². The number of urea groups is 1. The van der Waals surface area contributed by atoms with Crippen molar-refractivity contribution in [2.75, 3.05) is 18.4 Å². The Morgan fingerprint density at radius 3 is 2.42 bits per heavy atom. The second-order valence-electron chi connectivity index (χ2n) is 9.92. The van der Waals surface area contributed by atoms with Gasteiger partial charge in [0.2, 0.25) is 5.91 Å². The molecule has 4 aromatic rings. The van der Waals surface area contributed by atoms with E-state index in [2.05, 4.69) is 10.3 Å². The third kappa shape index (κ3) is 6.62. The number of para-hydroxylation sites is 1. The summed E-state index contributed by atoms with van der Waals surface area (Å²) in [5, 5.41) is 3.68. The molecule has 5 rings (SSSR count). The van der Waals surface area contributed by atoms with Crippen molar-refractivity contribution in [2.45, 2.75) is 38.0 Å². The Morgan fingerprint density at radius 2 is 1.73 bits per heavy atom. The van der Waals surface area contributed by atoms with E-state index < -0.39 is 23.6 Å². The zero-order valence-corrected chi connectivity index (χ0v) is 21.5. The molecule has 1 aromatic heterocycles. The Bertz CT molecular complexity index is 1500. The molecule has 1 fully saturated rings. The quantitative estimate of drug-likeness (QED) is 0.230. The second kappa shape index (κ2) is 11.4. The number of hydrogen-bond acceptors (Lipinski definition) is 2. The molecule has 0 aliphatic heterocycles. The molecule has 208 valence electrons. The molecule has 3 aromatic carbocycles. The Morgan fingerprint density at radius 1 is 0.975 bits per heavy atom. The lowest BCUT2D eigenvalue weighted by atomic mass is 10.1. The van der Waals surface area contributed by atoms with E-state index in [-0.39, 0.29) is 30.7 Å². The van der Waals surface area contributed by atoms with Crippen LogP contribution in [0.3, 0.4) is 0 Å². The molecule has 3 amide bonds. The molecule has 2 N–H and O–H groups in total. The van der Waals surface area contributed by atoms with Gasteiger partial charge in [-0.1, -0.05) is 36.4 Å². The number of anilines is 1. The monoisotopic (exact) mass is 552 g/mol. The molecule has 10 heteroatoms. The number of rotatable bonds is 9. The molecule has 0 saturated heterocycles. The lowest BCUT2D eigenvalue weighted by molar-refractivity contribution is -0.137. The third-order valence-electron chi connectivity index (χ3n) is 6.96. The molecule has 1 aliphatic carbocycles. The lowest BCUT2D eigenvalue weighted by Crippen LogP contribution is -2.45. The van der Waals surface area contributed by atoms with Crippen LogP contribution in [-0.2, 0) is 23.9 Å². The normalized spacial score (nSPS) is 13.3. The van der Waals surface area contributed by atoms with Crippen molar-refractivity contribution in [2.24, 2.45) is 0 Å². The third-order valence-corrected chi connectivity index (χ3v) is 6.96. The first-order valence-corrected chi connectivity index (χ1v) is 13.0. The van der Waals surface area contributed by atoms with Crippen molar-refractivity contribution in [3.05, 3.63) is 102 Å². The van der Waals surface area contributed by atoms with E-state index in [9.17, 15) is 27.2 Å². The first-order valence-electron chi connectivity index (χ1n) is 13.0. The standard InChI is InChI=1S/C30H28F4N4O2/c31-23-4-3-5-24(16-23)36-29(40)38(25-12-13-25)19-28(39)37(18-20-8-10-22(11-9-20)30(32,33)34)15-14-21-17-35-27-7-2-1-6-26(21)27/h1-11,16-17,25,35H,12-15,18-19H2,(H,36,40). The van der Waals surface area contributed by atoms with E-state index in [1.807, 2.05) is 30.5 Å². The fraction of sp³-hybridized carbons (Fsp3) is 0.267. The Hall–Kier alpha value is -4.34. The number of nitrogens with zero attached hydrogens (tertiary/aromatic N) is 2. The molecular formula is C30H28F4N4O2. The number of carbonyl (C=O) groups is 2. The van der Waals surface area contributed by atoms with Crippen LogP contribution in [0.5, 0.6) is 0 Å². The van der Waals surface area contributed by atoms with Crippen LogP contribution in [0.4, 0.5) is 28.0 Å². The van der Waals surface area contributed by atoms with Crippen LogP contribution in [0.15, 0.2) is 79.0 Å². The minimum Gasteiger partial charge on any atom is -0.361 e. The van der Waals surface area contributed by atoms with Crippen molar-refractivity contribution < 1.29 is 27.2 Å². The Kier molecular flexibility index (Phi) is 7.77. The molecule has 40 heavy (non-hydrogen) atoms. The summed E-state index contributed by atoms with van der Waals surface area (Å²) in [4.78, 5) is 32.9. The van der Waals surface area contributed by atoms with E-state index in [0.717, 1.165) is 41.4 Å². The number of carbonyl (C=O) groups excluding carboxylic acids is 2. The second-order valence-corrected chi connectivity index (χ2v) is 9.92. The van der Waals surface area contributed by atoms with E-state index in [1.165, 1.54) is 35.2 Å². The number of aromatic nitrogens is 1. The number of halogens is 4. The predicted molar refractivity (Wildman–Crippen MR) is 144 cm³/mol. The summed E-state index contributed by atoms with van der Waals surface area (Å²) in [6.07, 6.45) is -0.566. The number of aromatic amines is 1. The molecule has 0 atom stereocenters. The van der Waals surface area contributed by atoms with Crippen LogP contribution in [0.1, 0.15) is 29.5 Å². The van der Waals surface area contributed by atoms with Gasteiger partial charge in [0, 0.05) is 41.9 Å². The molecule has 6 nitrogen and oxygen atoms in total. The van der Waals surface area contributed by atoms with Crippen LogP contribution in [0.2, 0.25) is 0 Å². The molecule has 1 aliphatic rings. The van der Waals surface area contributed by atoms with Crippen molar-refractivity contribution in [3.63, 3.8) is 0 Å². The van der Waals surface area contributed by atoms with Crippen molar-refractivity contribution >= 4 is 28.5 Å². The van der Waals surface area contributed by atoms with Gasteiger partial charge in [-0.05, 0) is 66.8 Å². The zero-order valence-electron chi connectivity index (χ0n) is 21.5. The highest BCUT2D eigenvalue weighted by atomic mass is 19.4. The van der Waals surface area contributed by atoms with Gasteiger partial charge in [-0.15, -0.1) is 0 Å². The fourth-order valence-corrected chi connectivity index (χ4v) is 4.67. The van der Waals surface area contributed by atoms with Gasteiger partial charge in [0.1, 0.15) is 12.4 Å². The maximum atomic E-state index is 13.6. The number of H-pyrrole nitrogens is 1. The minimum atomic E-state index is -4.46. The first-order chi connectivity index (χ1) is 19.2. The van der Waals surface area contributed by atoms with E-state index in [4.69, 9.17) is 0 Å². The topological polar surface area (TPSA) is 68.4 Å². The molecule has 0 unspecified atom stereocenters. The average Bonchev–Trinajstić information content (AvgIpc) is 3.68. The van der Waals surface area contributed by atoms with Crippen LogP contribution in [-0.4, -0.2) is 45.9 Å². The summed E-state index contributed by atoms with van der Waals surface area (Å²) in [6, 6.07) is 17.4. The maximum absolute atomic E-state index is 13.6. The van der Waals surface area contributed by atoms with E-state index in [1.54, 1.807) is 11.0 Å². The lowest BCUT2D eigenvalue weighted by Gasteiger charge is -2.28. The smallest absolute Gasteiger partial charge is 0.361 e. The molecule has 1 heterocycles. The molecule has 1 saturated carbocycles. The van der Waals surface area contributed by atoms with Gasteiger partial charge in [-0.2, -0.15) is 13.2 Å². The number of hydrogen-bond donors (Lipinski definition) is 2. The van der Waals surface area contributed by atoms with Gasteiger partial charge in [-0.3, -0.25) is 4.79 Å². The van der Waals surface area contributed by atoms with Crippen molar-refractivity contribution in [1.82, 2.24) is 14.8 Å². The van der Waals surface area contributed by atoms with Gasteiger partial charge < -0.3 is 20.1 Å². The first kappa shape index (κ1) is 27.2. The summed E-state index contributed by atoms with van der Waals surface area (Å²) in [6.45, 7) is 0.176. The molecule has 0 spiro atoms. The Labute approximate surface area is 228 Å². The predicted octanol–water partition coefficient (Wildman–Crippen LogP) is 6.59.